The van der Waals surface area contributed by atoms with Crippen molar-refractivity contribution in [3.63, 3.8) is 0 Å². The molecule has 1 amide bonds. The van der Waals surface area contributed by atoms with Crippen molar-refractivity contribution in [1.82, 2.24) is 5.16 Å². The summed E-state index contributed by atoms with van der Waals surface area (Å²) in [7, 11) is 1.55. The van der Waals surface area contributed by atoms with Gasteiger partial charge in [-0.05, 0) is 49.6 Å². The average molecular weight is 460 g/mol. The number of thioether (sulfide) groups is 1. The van der Waals surface area contributed by atoms with Crippen LogP contribution in [0.5, 0.6) is 5.75 Å². The molecule has 1 aliphatic rings. The molecule has 0 fully saturated rings. The van der Waals surface area contributed by atoms with E-state index in [1.54, 1.807) is 47.6 Å². The normalized spacial score (nSPS) is 15.2. The number of carbonyl (C=O) groups is 1. The molecule has 4 rings (SSSR count). The molecular formula is C21H18ClN3O3S2. The summed E-state index contributed by atoms with van der Waals surface area (Å²) < 4.78 is 10.5. The maximum absolute atomic E-state index is 13.2. The zero-order chi connectivity index (χ0) is 21.3. The number of anilines is 1. The van der Waals surface area contributed by atoms with Crippen molar-refractivity contribution < 1.29 is 14.1 Å². The fourth-order valence-electron chi connectivity index (χ4n) is 2.97. The molecular weight excluding hydrogens is 442 g/mol. The third kappa shape index (κ3) is 4.03. The molecule has 3 heterocycles. The number of carbonyl (C=O) groups excluding carboxylic acids is 1. The van der Waals surface area contributed by atoms with Crippen molar-refractivity contribution in [2.24, 2.45) is 4.99 Å². The van der Waals surface area contributed by atoms with Crippen LogP contribution >= 0.6 is 34.7 Å². The maximum atomic E-state index is 13.2. The van der Waals surface area contributed by atoms with Crippen LogP contribution in [0.25, 0.3) is 6.08 Å². The van der Waals surface area contributed by atoms with E-state index in [0.29, 0.717) is 33.1 Å². The van der Waals surface area contributed by atoms with Crippen molar-refractivity contribution >= 4 is 57.5 Å². The second-order valence-electron chi connectivity index (χ2n) is 6.49. The van der Waals surface area contributed by atoms with E-state index in [-0.39, 0.29) is 5.91 Å². The van der Waals surface area contributed by atoms with Gasteiger partial charge in [-0.3, -0.25) is 9.69 Å². The largest absolute Gasteiger partial charge is 0.495 e. The fraction of sp³-hybridized carbons (Fsp3) is 0.190. The molecule has 0 saturated heterocycles. The summed E-state index contributed by atoms with van der Waals surface area (Å²) in [5.74, 6) is 1.69. The zero-order valence-corrected chi connectivity index (χ0v) is 18.9. The van der Waals surface area contributed by atoms with Crippen LogP contribution in [-0.2, 0) is 10.5 Å². The Morgan fingerprint density at radius 1 is 1.33 bits per heavy atom. The van der Waals surface area contributed by atoms with Gasteiger partial charge in [0.15, 0.2) is 5.17 Å². The van der Waals surface area contributed by atoms with Gasteiger partial charge in [0.1, 0.15) is 17.2 Å². The van der Waals surface area contributed by atoms with Gasteiger partial charge in [-0.2, -0.15) is 0 Å². The van der Waals surface area contributed by atoms with Crippen LogP contribution < -0.4 is 9.64 Å². The van der Waals surface area contributed by atoms with Crippen LogP contribution in [0.15, 0.2) is 50.9 Å². The van der Waals surface area contributed by atoms with E-state index in [0.717, 1.165) is 21.9 Å². The highest BCUT2D eigenvalue weighted by Gasteiger charge is 2.33. The minimum Gasteiger partial charge on any atom is -0.495 e. The SMILES string of the molecule is COc1ccc(N2C(=O)C(=Cc3cccs3)N=C2SCc2c(C)noc2C)cc1Cl. The first-order valence-corrected chi connectivity index (χ1v) is 11.3. The predicted octanol–water partition coefficient (Wildman–Crippen LogP) is 5.69. The van der Waals surface area contributed by atoms with Crippen LogP contribution in [0, 0.1) is 13.8 Å². The monoisotopic (exact) mass is 459 g/mol. The van der Waals surface area contributed by atoms with Gasteiger partial charge in [0.2, 0.25) is 0 Å². The van der Waals surface area contributed by atoms with Crippen LogP contribution in [0.1, 0.15) is 21.9 Å². The molecule has 30 heavy (non-hydrogen) atoms. The van der Waals surface area contributed by atoms with Gasteiger partial charge >= 0.3 is 0 Å². The topological polar surface area (TPSA) is 67.9 Å². The molecule has 0 spiro atoms. The van der Waals surface area contributed by atoms with Gasteiger partial charge in [0.05, 0.1) is 23.5 Å². The van der Waals surface area contributed by atoms with Gasteiger partial charge in [-0.25, -0.2) is 4.99 Å². The molecule has 0 saturated carbocycles. The fourth-order valence-corrected chi connectivity index (χ4v) is 5.04. The lowest BCUT2D eigenvalue weighted by Gasteiger charge is -2.18. The molecule has 0 unspecified atom stereocenters. The first-order chi connectivity index (χ1) is 14.5. The highest BCUT2D eigenvalue weighted by Crippen LogP contribution is 2.35. The van der Waals surface area contributed by atoms with Crippen LogP contribution in [0.3, 0.4) is 0 Å². The molecule has 3 aromatic rings. The number of amides is 1. The van der Waals surface area contributed by atoms with E-state index in [1.165, 1.54) is 11.8 Å². The van der Waals surface area contributed by atoms with Crippen LogP contribution in [0.2, 0.25) is 5.02 Å². The van der Waals surface area contributed by atoms with Gasteiger partial charge < -0.3 is 9.26 Å². The number of nitrogens with zero attached hydrogens (tertiary/aromatic N) is 3. The zero-order valence-electron chi connectivity index (χ0n) is 16.5. The molecule has 2 aromatic heterocycles. The van der Waals surface area contributed by atoms with Gasteiger partial charge in [0, 0.05) is 16.2 Å². The number of hydrogen-bond acceptors (Lipinski definition) is 7. The number of halogens is 1. The second-order valence-corrected chi connectivity index (χ2v) is 8.82. The lowest BCUT2D eigenvalue weighted by Crippen LogP contribution is -2.30. The summed E-state index contributed by atoms with van der Waals surface area (Å²) in [5.41, 5.74) is 2.84. The van der Waals surface area contributed by atoms with E-state index in [2.05, 4.69) is 10.1 Å². The smallest absolute Gasteiger partial charge is 0.283 e. The third-order valence-corrected chi connectivity index (χ3v) is 6.65. The van der Waals surface area contributed by atoms with E-state index < -0.39 is 0 Å². The Balaban J connectivity index is 1.69. The average Bonchev–Trinajstić information content (AvgIpc) is 3.42. The summed E-state index contributed by atoms with van der Waals surface area (Å²) in [4.78, 5) is 20.4. The summed E-state index contributed by atoms with van der Waals surface area (Å²) in [6.45, 7) is 3.78. The maximum Gasteiger partial charge on any atom is 0.283 e. The summed E-state index contributed by atoms with van der Waals surface area (Å²) in [5, 5.41) is 6.96. The molecule has 0 radical (unpaired) electrons. The Labute approximate surface area is 187 Å². The molecule has 1 aromatic carbocycles. The number of benzene rings is 1. The van der Waals surface area contributed by atoms with E-state index in [9.17, 15) is 4.79 Å². The van der Waals surface area contributed by atoms with E-state index in [4.69, 9.17) is 20.9 Å². The van der Waals surface area contributed by atoms with E-state index >= 15 is 0 Å². The lowest BCUT2D eigenvalue weighted by molar-refractivity contribution is -0.113. The predicted molar refractivity (Wildman–Crippen MR) is 122 cm³/mol. The standard InChI is InChI=1S/C21H18ClN3O3S2/c1-12-16(13(2)28-24-12)11-30-21-23-18(10-15-5-4-8-29-15)20(26)25(21)14-6-7-19(27-3)17(22)9-14/h4-10H,11H2,1-3H3. The van der Waals surface area contributed by atoms with E-state index in [1.807, 2.05) is 31.4 Å². The first kappa shape index (κ1) is 20.7. The molecule has 0 N–H and O–H groups in total. The number of ether oxygens (including phenoxy) is 1. The van der Waals surface area contributed by atoms with Crippen molar-refractivity contribution in [3.8, 4) is 5.75 Å². The van der Waals surface area contributed by atoms with Crippen molar-refractivity contribution in [2.45, 2.75) is 19.6 Å². The number of hydrogen-bond donors (Lipinski definition) is 0. The highest BCUT2D eigenvalue weighted by atomic mass is 35.5. The van der Waals surface area contributed by atoms with Crippen molar-refractivity contribution in [2.75, 3.05) is 12.0 Å². The quantitative estimate of drug-likeness (QED) is 0.458. The van der Waals surface area contributed by atoms with Gasteiger partial charge in [0.25, 0.3) is 5.91 Å². The van der Waals surface area contributed by atoms with Gasteiger partial charge in [-0.1, -0.05) is 34.6 Å². The molecule has 0 atom stereocenters. The lowest BCUT2D eigenvalue weighted by atomic mass is 10.2. The molecule has 0 aliphatic carbocycles. The van der Waals surface area contributed by atoms with Crippen molar-refractivity contribution in [1.29, 1.82) is 0 Å². The number of aromatic nitrogens is 1. The molecule has 0 bridgehead atoms. The number of aryl methyl sites for hydroxylation is 2. The number of amidine groups is 1. The number of thiophene rings is 1. The summed E-state index contributed by atoms with van der Waals surface area (Å²) in [6.07, 6.45) is 1.80. The minimum absolute atomic E-state index is 0.203. The third-order valence-electron chi connectivity index (χ3n) is 4.57. The minimum atomic E-state index is -0.203. The Morgan fingerprint density at radius 3 is 2.80 bits per heavy atom. The highest BCUT2D eigenvalue weighted by molar-refractivity contribution is 8.13. The number of aliphatic imine (C=N–C) groups is 1. The number of methoxy groups -OCH3 is 1. The molecule has 154 valence electrons. The Morgan fingerprint density at radius 2 is 2.17 bits per heavy atom. The molecule has 1 aliphatic heterocycles. The van der Waals surface area contributed by atoms with Crippen LogP contribution in [-0.4, -0.2) is 23.3 Å². The second kappa shape index (κ2) is 8.67. The Hall–Kier alpha value is -2.55. The molecule has 6 nitrogen and oxygen atoms in total. The summed E-state index contributed by atoms with van der Waals surface area (Å²) in [6, 6.07) is 9.13. The summed E-state index contributed by atoms with van der Waals surface area (Å²) >= 11 is 9.32. The van der Waals surface area contributed by atoms with Crippen LogP contribution in [0.4, 0.5) is 5.69 Å². The van der Waals surface area contributed by atoms with Gasteiger partial charge in [-0.15, -0.1) is 11.3 Å². The Kier molecular flexibility index (Phi) is 5.99. The molecule has 9 heteroatoms. The first-order valence-electron chi connectivity index (χ1n) is 9.04. The number of rotatable bonds is 5. The Bertz CT molecular complexity index is 1130. The van der Waals surface area contributed by atoms with Crippen molar-refractivity contribution in [3.05, 3.63) is 68.3 Å².